The van der Waals surface area contributed by atoms with Gasteiger partial charge in [-0.25, -0.2) is 0 Å². The van der Waals surface area contributed by atoms with Crippen molar-refractivity contribution in [1.29, 1.82) is 0 Å². The Bertz CT molecular complexity index is 3800. The van der Waals surface area contributed by atoms with Crippen LogP contribution in [-0.4, -0.2) is 0 Å². The molecular weight excluding hydrogens is 839 g/mol. The first-order valence-electron chi connectivity index (χ1n) is 23.5. The van der Waals surface area contributed by atoms with Crippen molar-refractivity contribution in [3.63, 3.8) is 0 Å². The average Bonchev–Trinajstić information content (AvgIpc) is 4.01. The van der Waals surface area contributed by atoms with Crippen molar-refractivity contribution >= 4 is 60.9 Å². The second-order valence-electron chi connectivity index (χ2n) is 17.6. The first-order valence-corrected chi connectivity index (χ1v) is 23.5. The fourth-order valence-corrected chi connectivity index (χ4v) is 10.0. The summed E-state index contributed by atoms with van der Waals surface area (Å²) in [6, 6.07) is 93.1. The van der Waals surface area contributed by atoms with Gasteiger partial charge in [0.2, 0.25) is 0 Å². The number of anilines is 3. The molecule has 0 aliphatic heterocycles. The highest BCUT2D eigenvalue weighted by Gasteiger charge is 2.18. The molecule has 13 rings (SSSR count). The van der Waals surface area contributed by atoms with Crippen LogP contribution < -0.4 is 4.90 Å². The summed E-state index contributed by atoms with van der Waals surface area (Å²) < 4.78 is 12.9. The van der Waals surface area contributed by atoms with Crippen molar-refractivity contribution in [2.75, 3.05) is 4.90 Å². The van der Waals surface area contributed by atoms with Crippen LogP contribution in [0.5, 0.6) is 0 Å². The van der Waals surface area contributed by atoms with Crippen LogP contribution in [0, 0.1) is 0 Å². The van der Waals surface area contributed by atoms with Gasteiger partial charge in [-0.05, 0) is 122 Å². The zero-order valence-electron chi connectivity index (χ0n) is 37.6. The molecule has 3 nitrogen and oxygen atoms in total. The molecule has 69 heavy (non-hydrogen) atoms. The third kappa shape index (κ3) is 7.34. The van der Waals surface area contributed by atoms with Crippen molar-refractivity contribution in [2.45, 2.75) is 0 Å². The topological polar surface area (TPSA) is 29.5 Å². The van der Waals surface area contributed by atoms with Gasteiger partial charge in [0.25, 0.3) is 0 Å². The van der Waals surface area contributed by atoms with Crippen LogP contribution in [0.15, 0.2) is 270 Å². The van der Waals surface area contributed by atoms with Crippen LogP contribution in [-0.2, 0) is 0 Å². The van der Waals surface area contributed by atoms with Gasteiger partial charge in [0.05, 0.1) is 0 Å². The van der Waals surface area contributed by atoms with Crippen LogP contribution in [0.2, 0.25) is 0 Å². The molecule has 0 fully saturated rings. The van der Waals surface area contributed by atoms with Gasteiger partial charge in [-0.2, -0.15) is 0 Å². The summed E-state index contributed by atoms with van der Waals surface area (Å²) in [5.74, 6) is 0. The van der Waals surface area contributed by atoms with Gasteiger partial charge in [-0.3, -0.25) is 0 Å². The summed E-state index contributed by atoms with van der Waals surface area (Å²) in [7, 11) is 0. The Hall–Kier alpha value is -9.18. The zero-order chi connectivity index (χ0) is 45.7. The van der Waals surface area contributed by atoms with Crippen molar-refractivity contribution in [3.8, 4) is 66.8 Å². The first kappa shape index (κ1) is 40.1. The lowest BCUT2D eigenvalue weighted by molar-refractivity contribution is 0.669. The number of nitrogens with zero attached hydrogens (tertiary/aromatic N) is 1. The molecule has 0 unspecified atom stereocenters. The summed E-state index contributed by atoms with van der Waals surface area (Å²) in [5, 5.41) is 4.49. The fourth-order valence-electron chi connectivity index (χ4n) is 10.0. The maximum atomic E-state index is 6.46. The quantitative estimate of drug-likeness (QED) is 0.145. The van der Waals surface area contributed by atoms with Gasteiger partial charge in [-0.15, -0.1) is 0 Å². The Morgan fingerprint density at radius 2 is 0.522 bits per heavy atom. The lowest BCUT2D eigenvalue weighted by atomic mass is 9.92. The number of hydrogen-bond acceptors (Lipinski definition) is 3. The molecule has 0 spiro atoms. The van der Waals surface area contributed by atoms with E-state index in [4.69, 9.17) is 8.83 Å². The molecule has 11 aromatic carbocycles. The predicted molar refractivity (Wildman–Crippen MR) is 288 cm³/mol. The fraction of sp³-hybridized carbons (Fsp3) is 0. The van der Waals surface area contributed by atoms with Crippen LogP contribution in [0.3, 0.4) is 0 Å². The molecule has 0 amide bonds. The molecule has 3 heteroatoms. The molecule has 13 aromatic rings. The maximum Gasteiger partial charge on any atom is 0.143 e. The van der Waals surface area contributed by atoms with E-state index in [-0.39, 0.29) is 0 Å². The van der Waals surface area contributed by atoms with Gasteiger partial charge >= 0.3 is 0 Å². The van der Waals surface area contributed by atoms with Crippen molar-refractivity contribution in [3.05, 3.63) is 261 Å². The van der Waals surface area contributed by atoms with E-state index >= 15 is 0 Å². The molecule has 2 heterocycles. The van der Waals surface area contributed by atoms with Crippen molar-refractivity contribution < 1.29 is 8.83 Å². The minimum Gasteiger partial charge on any atom is -0.455 e. The van der Waals surface area contributed by atoms with Gasteiger partial charge < -0.3 is 13.7 Å². The van der Waals surface area contributed by atoms with E-state index in [1.165, 1.54) is 33.4 Å². The molecule has 2 aromatic heterocycles. The largest absolute Gasteiger partial charge is 0.455 e. The van der Waals surface area contributed by atoms with E-state index in [1.54, 1.807) is 0 Å². The zero-order valence-corrected chi connectivity index (χ0v) is 37.6. The molecule has 0 atom stereocenters. The first-order chi connectivity index (χ1) is 34.2. The number of rotatable bonds is 9. The number of benzene rings is 11. The SMILES string of the molecule is c1ccc(-c2ccc(-c3cc(-c4ccccc4)cc(-c4ccc(N(c5ccc(-c6cccc7c6oc6ccccc67)cc5)c5ccc(-c6cccc7c6oc6ccccc67)cc5)cc4)c3)cc2)cc1. The van der Waals surface area contributed by atoms with E-state index in [1.807, 2.05) is 24.3 Å². The molecule has 0 saturated heterocycles. The Morgan fingerprint density at radius 3 is 0.942 bits per heavy atom. The van der Waals surface area contributed by atoms with E-state index < -0.39 is 0 Å². The molecule has 0 saturated carbocycles. The third-order valence-electron chi connectivity index (χ3n) is 13.5. The summed E-state index contributed by atoms with van der Waals surface area (Å²) in [6.45, 7) is 0. The highest BCUT2D eigenvalue weighted by atomic mass is 16.3. The Morgan fingerprint density at radius 1 is 0.217 bits per heavy atom. The summed E-state index contributed by atoms with van der Waals surface area (Å²) in [6.07, 6.45) is 0. The molecule has 0 N–H and O–H groups in total. The van der Waals surface area contributed by atoms with Gasteiger partial charge in [-0.1, -0.05) is 194 Å². The molecule has 0 bridgehead atoms. The monoisotopic (exact) mass is 881 g/mol. The van der Waals surface area contributed by atoms with Crippen LogP contribution in [0.25, 0.3) is 111 Å². The number of para-hydroxylation sites is 4. The van der Waals surface area contributed by atoms with E-state index in [2.05, 4.69) is 241 Å². The summed E-state index contributed by atoms with van der Waals surface area (Å²) in [4.78, 5) is 2.33. The second kappa shape index (κ2) is 16.9. The summed E-state index contributed by atoms with van der Waals surface area (Å²) >= 11 is 0. The lowest BCUT2D eigenvalue weighted by Crippen LogP contribution is -2.09. The average molecular weight is 882 g/mol. The van der Waals surface area contributed by atoms with E-state index in [0.717, 1.165) is 94.3 Å². The van der Waals surface area contributed by atoms with Crippen LogP contribution >= 0.6 is 0 Å². The smallest absolute Gasteiger partial charge is 0.143 e. The standard InChI is InChI=1S/C66H43NO2/c1-3-13-44(14-4-1)46-25-27-47(28-26-46)52-41-51(45-15-5-2-6-16-45)42-53(43-52)48-29-35-54(36-30-48)67(55-37-31-49(32-38-55)57-19-11-21-61-59-17-7-9-23-63(59)68-65(57)61)56-39-33-50(34-40-56)58-20-12-22-62-60-18-8-10-24-64(60)69-66(58)62/h1-43H. The Labute approximate surface area is 400 Å². The summed E-state index contributed by atoms with van der Waals surface area (Å²) in [5.41, 5.74) is 20.5. The number of hydrogen-bond donors (Lipinski definition) is 0. The van der Waals surface area contributed by atoms with Crippen molar-refractivity contribution in [1.82, 2.24) is 0 Å². The minimum absolute atomic E-state index is 0.895. The molecule has 0 radical (unpaired) electrons. The number of fused-ring (bicyclic) bond motifs is 6. The maximum absolute atomic E-state index is 6.46. The molecule has 0 aliphatic rings. The van der Waals surface area contributed by atoms with Crippen molar-refractivity contribution in [2.24, 2.45) is 0 Å². The van der Waals surface area contributed by atoms with Gasteiger partial charge in [0, 0.05) is 49.7 Å². The normalized spacial score (nSPS) is 11.5. The van der Waals surface area contributed by atoms with Gasteiger partial charge in [0.1, 0.15) is 22.3 Å². The van der Waals surface area contributed by atoms with Crippen LogP contribution in [0.4, 0.5) is 17.1 Å². The van der Waals surface area contributed by atoms with E-state index in [0.29, 0.717) is 0 Å². The predicted octanol–water partition coefficient (Wildman–Crippen LogP) is 19.0. The number of furan rings is 2. The Kier molecular flexibility index (Phi) is 9.84. The highest BCUT2D eigenvalue weighted by Crippen LogP contribution is 2.42. The molecular formula is C66H43NO2. The molecule has 324 valence electrons. The minimum atomic E-state index is 0.895. The Balaban J connectivity index is 0.892. The molecule has 0 aliphatic carbocycles. The highest BCUT2D eigenvalue weighted by molar-refractivity contribution is 6.10. The van der Waals surface area contributed by atoms with Gasteiger partial charge in [0.15, 0.2) is 0 Å². The van der Waals surface area contributed by atoms with Crippen LogP contribution in [0.1, 0.15) is 0 Å². The second-order valence-corrected chi connectivity index (χ2v) is 17.6. The lowest BCUT2D eigenvalue weighted by Gasteiger charge is -2.26. The third-order valence-corrected chi connectivity index (χ3v) is 13.5. The van der Waals surface area contributed by atoms with E-state index in [9.17, 15) is 0 Å².